The molecule has 0 spiro atoms. The van der Waals surface area contributed by atoms with Crippen LogP contribution < -0.4 is 10.6 Å². The van der Waals surface area contributed by atoms with Gasteiger partial charge in [-0.1, -0.05) is 42.4 Å². The number of nitrogens with zero attached hydrogens (tertiary/aromatic N) is 5. The second-order valence-electron chi connectivity index (χ2n) is 7.71. The summed E-state index contributed by atoms with van der Waals surface area (Å²) < 4.78 is 0. The number of hydrogen-bond acceptors (Lipinski definition) is 7. The Bertz CT molecular complexity index is 1200. The van der Waals surface area contributed by atoms with Gasteiger partial charge in [-0.15, -0.1) is 11.3 Å². The number of benzene rings is 1. The molecule has 6 nitrogen and oxygen atoms in total. The van der Waals surface area contributed by atoms with Crippen molar-refractivity contribution in [2.75, 3.05) is 23.7 Å². The highest BCUT2D eigenvalue weighted by Gasteiger charge is 2.26. The maximum absolute atomic E-state index is 9.97. The van der Waals surface area contributed by atoms with Crippen molar-refractivity contribution in [3.8, 4) is 16.6 Å². The van der Waals surface area contributed by atoms with Gasteiger partial charge in [0.05, 0.1) is 23.5 Å². The summed E-state index contributed by atoms with van der Waals surface area (Å²) in [6, 6.07) is 9.88. The van der Waals surface area contributed by atoms with E-state index < -0.39 is 0 Å². The van der Waals surface area contributed by atoms with Crippen LogP contribution in [0.2, 0.25) is 5.02 Å². The normalized spacial score (nSPS) is 14.2. The van der Waals surface area contributed by atoms with Gasteiger partial charge in [0.1, 0.15) is 21.9 Å². The van der Waals surface area contributed by atoms with E-state index in [2.05, 4.69) is 27.7 Å². The first-order valence-corrected chi connectivity index (χ1v) is 12.4. The number of aromatic nitrogens is 2. The largest absolute Gasteiger partial charge is 0.392 e. The summed E-state index contributed by atoms with van der Waals surface area (Å²) in [7, 11) is 0. The lowest BCUT2D eigenvalue weighted by Gasteiger charge is -2.34. The Hall–Kier alpha value is -2.78. The number of hydrogen-bond donors (Lipinski definition) is 1. The van der Waals surface area contributed by atoms with E-state index in [9.17, 15) is 5.26 Å². The van der Waals surface area contributed by atoms with E-state index in [1.54, 1.807) is 11.3 Å². The predicted molar refractivity (Wildman–Crippen MR) is 132 cm³/mol. The molecule has 1 fully saturated rings. The number of thioether (sulfide) groups is 1. The number of thiazole rings is 1. The number of rotatable bonds is 5. The molecule has 9 heteroatoms. The van der Waals surface area contributed by atoms with Crippen molar-refractivity contribution < 1.29 is 0 Å². The molecule has 1 saturated heterocycles. The number of halogens is 1. The third kappa shape index (κ3) is 4.68. The summed E-state index contributed by atoms with van der Waals surface area (Å²) in [6.07, 6.45) is 2.05. The molecule has 0 bridgehead atoms. The standard InChI is InChI=1S/C23H21ClN6S2/c1-14-7-9-30(10-8-14)20-18(11-25)23(29-21(26)19(20)27-2)32-13-17-12-31-22(28-17)15-3-5-16(24)6-4-15/h3-6,12,14H,7-10,13H2,1H3,(H2,26,29). The van der Waals surface area contributed by atoms with Gasteiger partial charge < -0.3 is 10.6 Å². The molecule has 0 radical (unpaired) electrons. The molecule has 0 unspecified atom stereocenters. The maximum Gasteiger partial charge on any atom is 0.251 e. The molecule has 0 amide bonds. The molecule has 0 aliphatic carbocycles. The molecule has 3 aromatic rings. The molecule has 1 aliphatic heterocycles. The van der Waals surface area contributed by atoms with Gasteiger partial charge in [0.15, 0.2) is 0 Å². The van der Waals surface area contributed by atoms with Crippen molar-refractivity contribution >= 4 is 51.9 Å². The molecular formula is C23H21ClN6S2. The number of anilines is 2. The molecule has 3 heterocycles. The highest BCUT2D eigenvalue weighted by molar-refractivity contribution is 7.98. The first-order chi connectivity index (χ1) is 15.5. The number of nitriles is 1. The second-order valence-corrected chi connectivity index (χ2v) is 9.97. The predicted octanol–water partition coefficient (Wildman–Crippen LogP) is 6.39. The van der Waals surface area contributed by atoms with Gasteiger partial charge in [-0.2, -0.15) is 5.26 Å². The van der Waals surface area contributed by atoms with E-state index in [1.165, 1.54) is 11.8 Å². The zero-order valence-corrected chi connectivity index (χ0v) is 19.9. The van der Waals surface area contributed by atoms with E-state index in [0.717, 1.165) is 42.2 Å². The first-order valence-electron chi connectivity index (χ1n) is 10.2. The highest BCUT2D eigenvalue weighted by atomic mass is 35.5. The van der Waals surface area contributed by atoms with Crippen LogP contribution in [0.4, 0.5) is 17.2 Å². The van der Waals surface area contributed by atoms with Crippen LogP contribution in [-0.4, -0.2) is 23.1 Å². The van der Waals surface area contributed by atoms with Crippen molar-refractivity contribution in [1.82, 2.24) is 9.97 Å². The van der Waals surface area contributed by atoms with Crippen molar-refractivity contribution in [2.24, 2.45) is 5.92 Å². The average molecular weight is 481 g/mol. The lowest BCUT2D eigenvalue weighted by atomic mass is 9.98. The molecular weight excluding hydrogens is 460 g/mol. The van der Waals surface area contributed by atoms with Gasteiger partial charge in [0.25, 0.3) is 5.69 Å². The summed E-state index contributed by atoms with van der Waals surface area (Å²) in [5, 5.41) is 14.1. The Morgan fingerprint density at radius 3 is 2.69 bits per heavy atom. The number of pyridine rings is 1. The van der Waals surface area contributed by atoms with Crippen LogP contribution in [0.5, 0.6) is 0 Å². The number of nitrogens with two attached hydrogens (primary N) is 1. The molecule has 0 saturated carbocycles. The summed E-state index contributed by atoms with van der Waals surface area (Å²) in [5.74, 6) is 1.37. The van der Waals surface area contributed by atoms with Crippen molar-refractivity contribution in [3.63, 3.8) is 0 Å². The zero-order chi connectivity index (χ0) is 22.7. The van der Waals surface area contributed by atoms with Crippen molar-refractivity contribution in [2.45, 2.75) is 30.5 Å². The fraction of sp³-hybridized carbons (Fsp3) is 0.304. The number of nitrogen functional groups attached to an aromatic ring is 1. The molecule has 4 rings (SSSR count). The van der Waals surface area contributed by atoms with E-state index in [-0.39, 0.29) is 11.5 Å². The van der Waals surface area contributed by atoms with E-state index in [1.807, 2.05) is 29.6 Å². The minimum Gasteiger partial charge on any atom is -0.392 e. The quantitative estimate of drug-likeness (QED) is 0.336. The van der Waals surface area contributed by atoms with Gasteiger partial charge in [-0.25, -0.2) is 14.8 Å². The van der Waals surface area contributed by atoms with Gasteiger partial charge in [0, 0.05) is 34.8 Å². The molecule has 0 atom stereocenters. The van der Waals surface area contributed by atoms with Crippen LogP contribution >= 0.6 is 34.7 Å². The lowest BCUT2D eigenvalue weighted by Crippen LogP contribution is -2.33. The van der Waals surface area contributed by atoms with Crippen molar-refractivity contribution in [1.29, 1.82) is 5.26 Å². The van der Waals surface area contributed by atoms with E-state index in [0.29, 0.717) is 33.0 Å². The van der Waals surface area contributed by atoms with Crippen molar-refractivity contribution in [3.05, 3.63) is 57.3 Å². The van der Waals surface area contributed by atoms with Crippen LogP contribution in [0.3, 0.4) is 0 Å². The molecule has 32 heavy (non-hydrogen) atoms. The molecule has 2 aromatic heterocycles. The van der Waals surface area contributed by atoms with Crippen LogP contribution in [0.1, 0.15) is 31.0 Å². The fourth-order valence-corrected chi connectivity index (χ4v) is 5.59. The zero-order valence-electron chi connectivity index (χ0n) is 17.5. The highest BCUT2D eigenvalue weighted by Crippen LogP contribution is 2.42. The molecule has 1 aromatic carbocycles. The number of piperidine rings is 1. The molecule has 162 valence electrons. The SMILES string of the molecule is [C-]#[N+]c1c(N)nc(SCc2csc(-c3ccc(Cl)cc3)n2)c(C#N)c1N1CCC(C)CC1. The molecule has 1 aliphatic rings. The van der Waals surface area contributed by atoms with Crippen LogP contribution in [0.15, 0.2) is 34.7 Å². The van der Waals surface area contributed by atoms with Gasteiger partial charge in [0.2, 0.25) is 0 Å². The summed E-state index contributed by atoms with van der Waals surface area (Å²) in [4.78, 5) is 14.9. The van der Waals surface area contributed by atoms with Crippen LogP contribution in [-0.2, 0) is 5.75 Å². The Morgan fingerprint density at radius 2 is 2.03 bits per heavy atom. The monoisotopic (exact) mass is 480 g/mol. The Labute approximate surface area is 200 Å². The van der Waals surface area contributed by atoms with E-state index in [4.69, 9.17) is 28.9 Å². The smallest absolute Gasteiger partial charge is 0.251 e. The van der Waals surface area contributed by atoms with Gasteiger partial charge in [-0.3, -0.25) is 0 Å². The lowest BCUT2D eigenvalue weighted by molar-refractivity contribution is 0.438. The Balaban J connectivity index is 1.60. The van der Waals surface area contributed by atoms with Crippen LogP contribution in [0.25, 0.3) is 15.4 Å². The summed E-state index contributed by atoms with van der Waals surface area (Å²) >= 11 is 8.97. The maximum atomic E-state index is 9.97. The van der Waals surface area contributed by atoms with E-state index >= 15 is 0 Å². The minimum atomic E-state index is 0.176. The summed E-state index contributed by atoms with van der Waals surface area (Å²) in [6.45, 7) is 11.5. The minimum absolute atomic E-state index is 0.176. The Morgan fingerprint density at radius 1 is 1.31 bits per heavy atom. The Kier molecular flexibility index (Phi) is 6.86. The third-order valence-corrected chi connectivity index (χ3v) is 7.66. The topological polar surface area (TPSA) is 83.2 Å². The molecule has 2 N–H and O–H groups in total. The average Bonchev–Trinajstić information content (AvgIpc) is 3.27. The van der Waals surface area contributed by atoms with Gasteiger partial charge in [-0.05, 0) is 30.9 Å². The summed E-state index contributed by atoms with van der Waals surface area (Å²) in [5.41, 5.74) is 9.40. The second kappa shape index (κ2) is 9.79. The third-order valence-electron chi connectivity index (χ3n) is 5.46. The first kappa shape index (κ1) is 22.4. The van der Waals surface area contributed by atoms with Gasteiger partial charge >= 0.3 is 0 Å². The van der Waals surface area contributed by atoms with Crippen LogP contribution in [0, 0.1) is 23.8 Å². The fourth-order valence-electron chi connectivity index (χ4n) is 3.66.